The van der Waals surface area contributed by atoms with Gasteiger partial charge in [-0.2, -0.15) is 0 Å². The minimum absolute atomic E-state index is 0.0316. The van der Waals surface area contributed by atoms with Crippen molar-refractivity contribution in [2.24, 2.45) is 0 Å². The summed E-state index contributed by atoms with van der Waals surface area (Å²) < 4.78 is 1.57. The molecule has 3 N–H and O–H groups in total. The number of aryl methyl sites for hydroxylation is 1. The summed E-state index contributed by atoms with van der Waals surface area (Å²) in [6.07, 6.45) is 11.9. The van der Waals surface area contributed by atoms with E-state index in [-0.39, 0.29) is 30.3 Å². The molecule has 1 aliphatic rings. The van der Waals surface area contributed by atoms with E-state index in [1.807, 2.05) is 38.1 Å². The molecule has 0 aliphatic heterocycles. The molecule has 1 aromatic carbocycles. The lowest BCUT2D eigenvalue weighted by Crippen LogP contribution is -2.47. The SMILES string of the molecule is C=CC(=CC)N(C(=O)Cn1ccnc1N)C(C(=O)NC1CCCCC1)c1ccccc1C. The number of nitrogens with one attached hydrogen (secondary N) is 1. The van der Waals surface area contributed by atoms with Crippen LogP contribution in [0.25, 0.3) is 0 Å². The number of rotatable bonds is 8. The number of nitrogens with two attached hydrogens (primary N) is 1. The maximum Gasteiger partial charge on any atom is 0.248 e. The molecule has 1 atom stereocenters. The molecule has 0 saturated heterocycles. The number of hydrogen-bond donors (Lipinski definition) is 2. The Morgan fingerprint density at radius 3 is 2.62 bits per heavy atom. The van der Waals surface area contributed by atoms with Gasteiger partial charge in [-0.05, 0) is 43.9 Å². The highest BCUT2D eigenvalue weighted by molar-refractivity contribution is 5.90. The first-order valence-electron chi connectivity index (χ1n) is 11.2. The van der Waals surface area contributed by atoms with Gasteiger partial charge in [0.2, 0.25) is 17.8 Å². The molecule has 32 heavy (non-hydrogen) atoms. The maximum atomic E-state index is 13.7. The molecule has 1 saturated carbocycles. The van der Waals surface area contributed by atoms with Gasteiger partial charge in [-0.15, -0.1) is 0 Å². The van der Waals surface area contributed by atoms with Gasteiger partial charge >= 0.3 is 0 Å². The molecule has 170 valence electrons. The van der Waals surface area contributed by atoms with Crippen molar-refractivity contribution < 1.29 is 9.59 Å². The second-order valence-electron chi connectivity index (χ2n) is 8.20. The first-order valence-corrected chi connectivity index (χ1v) is 11.2. The number of allylic oxidation sites excluding steroid dienone is 2. The van der Waals surface area contributed by atoms with Crippen molar-refractivity contribution in [1.29, 1.82) is 0 Å². The highest BCUT2D eigenvalue weighted by Gasteiger charge is 2.35. The van der Waals surface area contributed by atoms with Gasteiger partial charge < -0.3 is 15.6 Å². The molecule has 0 radical (unpaired) electrons. The number of anilines is 1. The molecule has 2 amide bonds. The fourth-order valence-corrected chi connectivity index (χ4v) is 4.31. The number of nitrogens with zero attached hydrogens (tertiary/aromatic N) is 3. The van der Waals surface area contributed by atoms with E-state index < -0.39 is 6.04 Å². The van der Waals surface area contributed by atoms with Crippen molar-refractivity contribution in [3.05, 3.63) is 72.2 Å². The summed E-state index contributed by atoms with van der Waals surface area (Å²) in [6, 6.07) is 6.99. The second-order valence-corrected chi connectivity index (χ2v) is 8.20. The standard InChI is InChI=1S/C25H33N5O2/c1-4-20(5-2)30(22(31)17-29-16-15-27-25(29)26)23(21-14-10-9-11-18(21)3)24(32)28-19-12-7-6-8-13-19/h4-5,9-11,14-16,19,23H,1,6-8,12-13,17H2,2-3H3,(H2,26,27)(H,28,32). The molecular formula is C25H33N5O2. The van der Waals surface area contributed by atoms with Crippen LogP contribution in [0.4, 0.5) is 5.95 Å². The third kappa shape index (κ3) is 5.28. The van der Waals surface area contributed by atoms with E-state index in [1.54, 1.807) is 29.1 Å². The molecule has 3 rings (SSSR count). The highest BCUT2D eigenvalue weighted by atomic mass is 16.2. The van der Waals surface area contributed by atoms with Crippen LogP contribution in [0, 0.1) is 6.92 Å². The van der Waals surface area contributed by atoms with Crippen LogP contribution in [-0.4, -0.2) is 32.3 Å². The molecule has 1 unspecified atom stereocenters. The van der Waals surface area contributed by atoms with Gasteiger partial charge in [0.25, 0.3) is 0 Å². The fourth-order valence-electron chi connectivity index (χ4n) is 4.31. The normalized spacial score (nSPS) is 15.8. The third-order valence-corrected chi connectivity index (χ3v) is 6.05. The average Bonchev–Trinajstić information content (AvgIpc) is 3.19. The van der Waals surface area contributed by atoms with Gasteiger partial charge in [-0.25, -0.2) is 4.98 Å². The summed E-state index contributed by atoms with van der Waals surface area (Å²) in [4.78, 5) is 32.8. The summed E-state index contributed by atoms with van der Waals surface area (Å²) in [5.74, 6) is -0.202. The van der Waals surface area contributed by atoms with Crippen LogP contribution in [0.1, 0.15) is 56.2 Å². The quantitative estimate of drug-likeness (QED) is 0.615. The van der Waals surface area contributed by atoms with E-state index in [0.717, 1.165) is 36.8 Å². The number of hydrogen-bond acceptors (Lipinski definition) is 4. The zero-order valence-electron chi connectivity index (χ0n) is 19.0. The largest absolute Gasteiger partial charge is 0.369 e. The van der Waals surface area contributed by atoms with Gasteiger partial charge in [-0.1, -0.05) is 56.2 Å². The van der Waals surface area contributed by atoms with E-state index in [1.165, 1.54) is 11.3 Å². The number of carbonyl (C=O) groups excluding carboxylic acids is 2. The number of carbonyl (C=O) groups is 2. The Labute approximate surface area is 190 Å². The van der Waals surface area contributed by atoms with E-state index in [2.05, 4.69) is 16.9 Å². The van der Waals surface area contributed by atoms with E-state index in [4.69, 9.17) is 5.73 Å². The topological polar surface area (TPSA) is 93.2 Å². The Hall–Kier alpha value is -3.35. The molecule has 7 nitrogen and oxygen atoms in total. The number of imidazole rings is 1. The van der Waals surface area contributed by atoms with Crippen LogP contribution >= 0.6 is 0 Å². The van der Waals surface area contributed by atoms with Crippen LogP contribution in [-0.2, 0) is 16.1 Å². The molecule has 0 spiro atoms. The Morgan fingerprint density at radius 2 is 2.03 bits per heavy atom. The number of benzene rings is 1. The smallest absolute Gasteiger partial charge is 0.248 e. The third-order valence-electron chi connectivity index (χ3n) is 6.05. The lowest BCUT2D eigenvalue weighted by atomic mass is 9.93. The number of nitrogen functional groups attached to an aromatic ring is 1. The Morgan fingerprint density at radius 1 is 1.31 bits per heavy atom. The van der Waals surface area contributed by atoms with Gasteiger partial charge in [0.1, 0.15) is 12.6 Å². The maximum absolute atomic E-state index is 13.7. The molecule has 0 bridgehead atoms. The van der Waals surface area contributed by atoms with Gasteiger partial charge in [0, 0.05) is 24.1 Å². The molecule has 1 fully saturated rings. The summed E-state index contributed by atoms with van der Waals surface area (Å²) in [7, 11) is 0. The second kappa shape index (κ2) is 10.8. The first kappa shape index (κ1) is 23.3. The van der Waals surface area contributed by atoms with Gasteiger partial charge in [-0.3, -0.25) is 14.5 Å². The lowest BCUT2D eigenvalue weighted by molar-refractivity contribution is -0.139. The lowest BCUT2D eigenvalue weighted by Gasteiger charge is -2.34. The molecular weight excluding hydrogens is 402 g/mol. The van der Waals surface area contributed by atoms with Crippen molar-refractivity contribution in [3.8, 4) is 0 Å². The Kier molecular flexibility index (Phi) is 7.87. The molecule has 1 aromatic heterocycles. The average molecular weight is 436 g/mol. The van der Waals surface area contributed by atoms with Crippen LogP contribution in [0.2, 0.25) is 0 Å². The Bertz CT molecular complexity index is 988. The zero-order valence-corrected chi connectivity index (χ0v) is 19.0. The van der Waals surface area contributed by atoms with Gasteiger partial charge in [0.15, 0.2) is 0 Å². The summed E-state index contributed by atoms with van der Waals surface area (Å²) in [5, 5.41) is 3.22. The van der Waals surface area contributed by atoms with E-state index in [0.29, 0.717) is 5.70 Å². The minimum atomic E-state index is -0.820. The molecule has 1 heterocycles. The van der Waals surface area contributed by atoms with Crippen LogP contribution in [0.5, 0.6) is 0 Å². The van der Waals surface area contributed by atoms with Gasteiger partial charge in [0.05, 0.1) is 0 Å². The van der Waals surface area contributed by atoms with Crippen molar-refractivity contribution in [2.75, 3.05) is 5.73 Å². The van der Waals surface area contributed by atoms with Crippen molar-refractivity contribution in [3.63, 3.8) is 0 Å². The van der Waals surface area contributed by atoms with Crippen LogP contribution < -0.4 is 11.1 Å². The number of aromatic nitrogens is 2. The number of amides is 2. The van der Waals surface area contributed by atoms with E-state index in [9.17, 15) is 9.59 Å². The van der Waals surface area contributed by atoms with Crippen LogP contribution in [0.15, 0.2) is 61.1 Å². The monoisotopic (exact) mass is 435 g/mol. The van der Waals surface area contributed by atoms with E-state index >= 15 is 0 Å². The van der Waals surface area contributed by atoms with Crippen molar-refractivity contribution >= 4 is 17.8 Å². The fraction of sp³-hybridized carbons (Fsp3) is 0.400. The molecule has 2 aromatic rings. The zero-order chi connectivity index (χ0) is 23.1. The van der Waals surface area contributed by atoms with Crippen molar-refractivity contribution in [1.82, 2.24) is 19.8 Å². The van der Waals surface area contributed by atoms with Crippen LogP contribution in [0.3, 0.4) is 0 Å². The summed E-state index contributed by atoms with van der Waals surface area (Å²) in [6.45, 7) is 7.64. The highest BCUT2D eigenvalue weighted by Crippen LogP contribution is 2.30. The predicted molar refractivity (Wildman–Crippen MR) is 126 cm³/mol. The molecule has 1 aliphatic carbocycles. The Balaban J connectivity index is 2.02. The first-order chi connectivity index (χ1) is 15.5. The summed E-state index contributed by atoms with van der Waals surface area (Å²) in [5.41, 5.74) is 8.19. The minimum Gasteiger partial charge on any atom is -0.369 e. The molecule has 7 heteroatoms. The predicted octanol–water partition coefficient (Wildman–Crippen LogP) is 3.88. The van der Waals surface area contributed by atoms with Crippen molar-refractivity contribution in [2.45, 2.75) is 64.6 Å². The summed E-state index contributed by atoms with van der Waals surface area (Å²) >= 11 is 0.